The van der Waals surface area contributed by atoms with Gasteiger partial charge in [0, 0.05) is 39.7 Å². The highest BCUT2D eigenvalue weighted by molar-refractivity contribution is 7.99. The third-order valence-electron chi connectivity index (χ3n) is 5.77. The zero-order valence-corrected chi connectivity index (χ0v) is 20.7. The highest BCUT2D eigenvalue weighted by Gasteiger charge is 2.30. The van der Waals surface area contributed by atoms with Crippen LogP contribution < -0.4 is 5.32 Å². The SMILES string of the molecule is CC[C@H](C(=O)NC1CCCC1)N(Cc1ccc(Cl)cc1Cl)C(=O)CCSc1ccccc1. The molecule has 2 amide bonds. The van der Waals surface area contributed by atoms with Crippen LogP contribution in [0.15, 0.2) is 53.4 Å². The highest BCUT2D eigenvalue weighted by atomic mass is 35.5. The number of carbonyl (C=O) groups excluding carboxylic acids is 2. The average Bonchev–Trinajstić information content (AvgIpc) is 3.28. The number of benzene rings is 2. The Kier molecular flexibility index (Phi) is 9.76. The van der Waals surface area contributed by atoms with Gasteiger partial charge < -0.3 is 10.2 Å². The molecule has 1 saturated carbocycles. The largest absolute Gasteiger partial charge is 0.352 e. The van der Waals surface area contributed by atoms with Crippen molar-refractivity contribution in [1.29, 1.82) is 0 Å². The predicted octanol–water partition coefficient (Wildman–Crippen LogP) is 6.34. The molecule has 0 unspecified atom stereocenters. The Bertz CT molecular complexity index is 904. The van der Waals surface area contributed by atoms with E-state index >= 15 is 0 Å². The van der Waals surface area contributed by atoms with Crippen molar-refractivity contribution in [3.05, 3.63) is 64.1 Å². The van der Waals surface area contributed by atoms with Crippen molar-refractivity contribution in [3.63, 3.8) is 0 Å². The Balaban J connectivity index is 1.73. The fraction of sp³-hybridized carbons (Fsp3) is 0.440. The lowest BCUT2D eigenvalue weighted by molar-refractivity contribution is -0.141. The fourth-order valence-electron chi connectivity index (χ4n) is 4.04. The van der Waals surface area contributed by atoms with Gasteiger partial charge in [0.1, 0.15) is 6.04 Å². The van der Waals surface area contributed by atoms with Crippen molar-refractivity contribution in [2.45, 2.75) is 69.0 Å². The maximum atomic E-state index is 13.3. The number of carbonyl (C=O) groups is 2. The number of amides is 2. The van der Waals surface area contributed by atoms with Crippen LogP contribution in [0.1, 0.15) is 51.0 Å². The summed E-state index contributed by atoms with van der Waals surface area (Å²) in [6.07, 6.45) is 5.18. The summed E-state index contributed by atoms with van der Waals surface area (Å²) < 4.78 is 0. The van der Waals surface area contributed by atoms with Gasteiger partial charge in [0.2, 0.25) is 11.8 Å². The quantitative estimate of drug-likeness (QED) is 0.393. The molecule has 0 aliphatic heterocycles. The third kappa shape index (κ3) is 7.16. The van der Waals surface area contributed by atoms with Crippen molar-refractivity contribution in [2.75, 3.05) is 5.75 Å². The first-order valence-corrected chi connectivity index (χ1v) is 12.9. The fourth-order valence-corrected chi connectivity index (χ4v) is 5.37. The van der Waals surface area contributed by atoms with Gasteiger partial charge in [0.15, 0.2) is 0 Å². The van der Waals surface area contributed by atoms with Crippen LogP contribution in [0.4, 0.5) is 0 Å². The van der Waals surface area contributed by atoms with Crippen LogP contribution in [-0.4, -0.2) is 34.6 Å². The molecule has 3 rings (SSSR count). The summed E-state index contributed by atoms with van der Waals surface area (Å²) >= 11 is 14.1. The first kappa shape index (κ1) is 24.9. The van der Waals surface area contributed by atoms with E-state index in [2.05, 4.69) is 5.32 Å². The summed E-state index contributed by atoms with van der Waals surface area (Å²) in [7, 11) is 0. The Labute approximate surface area is 205 Å². The first-order valence-electron chi connectivity index (χ1n) is 11.2. The van der Waals surface area contributed by atoms with Gasteiger partial charge in [-0.15, -0.1) is 11.8 Å². The minimum atomic E-state index is -0.531. The van der Waals surface area contributed by atoms with Crippen LogP contribution in [0, 0.1) is 0 Å². The lowest BCUT2D eigenvalue weighted by Gasteiger charge is -2.32. The number of nitrogens with zero attached hydrogens (tertiary/aromatic N) is 1. The second-order valence-electron chi connectivity index (χ2n) is 8.08. The number of hydrogen-bond acceptors (Lipinski definition) is 3. The molecule has 4 nitrogen and oxygen atoms in total. The topological polar surface area (TPSA) is 49.4 Å². The molecule has 7 heteroatoms. The van der Waals surface area contributed by atoms with Crippen molar-refractivity contribution >= 4 is 46.8 Å². The van der Waals surface area contributed by atoms with Crippen molar-refractivity contribution in [3.8, 4) is 0 Å². The molecule has 1 aliphatic rings. The van der Waals surface area contributed by atoms with Crippen LogP contribution in [0.25, 0.3) is 0 Å². The molecule has 0 spiro atoms. The number of nitrogens with one attached hydrogen (secondary N) is 1. The minimum Gasteiger partial charge on any atom is -0.352 e. The Hall–Kier alpha value is -1.69. The van der Waals surface area contributed by atoms with E-state index in [0.717, 1.165) is 36.1 Å². The smallest absolute Gasteiger partial charge is 0.243 e. The molecule has 1 aliphatic carbocycles. The van der Waals surface area contributed by atoms with E-state index in [-0.39, 0.29) is 24.4 Å². The molecule has 0 radical (unpaired) electrons. The van der Waals surface area contributed by atoms with E-state index in [0.29, 0.717) is 28.6 Å². The molecule has 32 heavy (non-hydrogen) atoms. The van der Waals surface area contributed by atoms with Gasteiger partial charge in [-0.1, -0.05) is 67.2 Å². The van der Waals surface area contributed by atoms with Crippen molar-refractivity contribution in [2.24, 2.45) is 0 Å². The van der Waals surface area contributed by atoms with Crippen LogP contribution in [0.2, 0.25) is 10.0 Å². The van der Waals surface area contributed by atoms with Gasteiger partial charge in [-0.05, 0) is 49.1 Å². The van der Waals surface area contributed by atoms with E-state index in [1.807, 2.05) is 43.3 Å². The first-order chi connectivity index (χ1) is 15.5. The maximum absolute atomic E-state index is 13.3. The zero-order valence-electron chi connectivity index (χ0n) is 18.4. The Morgan fingerprint density at radius 3 is 2.50 bits per heavy atom. The zero-order chi connectivity index (χ0) is 22.9. The van der Waals surface area contributed by atoms with E-state index in [1.165, 1.54) is 0 Å². The number of hydrogen-bond donors (Lipinski definition) is 1. The van der Waals surface area contributed by atoms with Crippen LogP contribution in [0.5, 0.6) is 0 Å². The molecule has 2 aromatic rings. The Morgan fingerprint density at radius 1 is 1.12 bits per heavy atom. The normalized spacial score (nSPS) is 14.8. The highest BCUT2D eigenvalue weighted by Crippen LogP contribution is 2.25. The second-order valence-corrected chi connectivity index (χ2v) is 10.1. The van der Waals surface area contributed by atoms with Crippen molar-refractivity contribution in [1.82, 2.24) is 10.2 Å². The predicted molar refractivity (Wildman–Crippen MR) is 133 cm³/mol. The molecule has 1 N–H and O–H groups in total. The van der Waals surface area contributed by atoms with Gasteiger partial charge in [0.25, 0.3) is 0 Å². The summed E-state index contributed by atoms with van der Waals surface area (Å²) in [5.74, 6) is 0.524. The molecule has 1 fully saturated rings. The molecular formula is C25H30Cl2N2O2S. The lowest BCUT2D eigenvalue weighted by atomic mass is 10.1. The second kappa shape index (κ2) is 12.5. The molecule has 0 saturated heterocycles. The lowest BCUT2D eigenvalue weighted by Crippen LogP contribution is -2.51. The van der Waals surface area contributed by atoms with Gasteiger partial charge in [-0.25, -0.2) is 0 Å². The molecular weight excluding hydrogens is 463 g/mol. The molecule has 0 bridgehead atoms. The summed E-state index contributed by atoms with van der Waals surface area (Å²) in [4.78, 5) is 29.3. The third-order valence-corrected chi connectivity index (χ3v) is 7.37. The number of rotatable bonds is 10. The standard InChI is InChI=1S/C25H30Cl2N2O2S/c1-2-23(25(31)28-20-8-6-7-9-20)29(17-18-12-13-19(26)16-22(18)27)24(30)14-15-32-21-10-4-3-5-11-21/h3-5,10-13,16,20,23H,2,6-9,14-15,17H2,1H3,(H,28,31)/t23-/m1/s1. The molecule has 0 aromatic heterocycles. The van der Waals surface area contributed by atoms with Gasteiger partial charge in [-0.3, -0.25) is 9.59 Å². The molecule has 0 heterocycles. The van der Waals surface area contributed by atoms with E-state index in [1.54, 1.807) is 28.8 Å². The van der Waals surface area contributed by atoms with Gasteiger partial charge in [0.05, 0.1) is 0 Å². The monoisotopic (exact) mass is 492 g/mol. The van der Waals surface area contributed by atoms with Gasteiger partial charge >= 0.3 is 0 Å². The summed E-state index contributed by atoms with van der Waals surface area (Å²) in [5, 5.41) is 4.21. The van der Waals surface area contributed by atoms with Crippen molar-refractivity contribution < 1.29 is 9.59 Å². The summed E-state index contributed by atoms with van der Waals surface area (Å²) in [5.41, 5.74) is 0.784. The summed E-state index contributed by atoms with van der Waals surface area (Å²) in [6, 6.07) is 14.9. The number of halogens is 2. The van der Waals surface area contributed by atoms with Crippen LogP contribution in [0.3, 0.4) is 0 Å². The van der Waals surface area contributed by atoms with Crippen LogP contribution >= 0.6 is 35.0 Å². The molecule has 1 atom stereocenters. The van der Waals surface area contributed by atoms with E-state index in [4.69, 9.17) is 23.2 Å². The van der Waals surface area contributed by atoms with E-state index in [9.17, 15) is 9.59 Å². The number of thioether (sulfide) groups is 1. The molecule has 2 aromatic carbocycles. The van der Waals surface area contributed by atoms with Gasteiger partial charge in [-0.2, -0.15) is 0 Å². The van der Waals surface area contributed by atoms with E-state index < -0.39 is 6.04 Å². The minimum absolute atomic E-state index is 0.0483. The Morgan fingerprint density at radius 2 is 1.84 bits per heavy atom. The average molecular weight is 494 g/mol. The maximum Gasteiger partial charge on any atom is 0.243 e. The van der Waals surface area contributed by atoms with Crippen LogP contribution in [-0.2, 0) is 16.1 Å². The molecule has 172 valence electrons. The summed E-state index contributed by atoms with van der Waals surface area (Å²) in [6.45, 7) is 2.22.